The molecule has 1 rings (SSSR count). The fraction of sp³-hybridized carbons (Fsp3) is 1.00. The third kappa shape index (κ3) is 7.04. The molecular weight excluding hydrogens is 236 g/mol. The Morgan fingerprint density at radius 2 is 1.71 bits per heavy atom. The molecule has 0 aliphatic heterocycles. The van der Waals surface area contributed by atoms with Crippen molar-refractivity contribution < 1.29 is 13.2 Å². The van der Waals surface area contributed by atoms with E-state index in [0.29, 0.717) is 18.3 Å². The van der Waals surface area contributed by atoms with Crippen LogP contribution in [0, 0.1) is 5.92 Å². The van der Waals surface area contributed by atoms with E-state index < -0.39 is 9.84 Å². The van der Waals surface area contributed by atoms with E-state index in [1.807, 2.05) is 20.8 Å². The fourth-order valence-electron chi connectivity index (χ4n) is 2.22. The number of hydrogen-bond donors (Lipinski definition) is 0. The van der Waals surface area contributed by atoms with Gasteiger partial charge in [-0.25, -0.2) is 8.42 Å². The lowest BCUT2D eigenvalue weighted by atomic mass is 10.1. The summed E-state index contributed by atoms with van der Waals surface area (Å²) in [5.74, 6) is 1.15. The summed E-state index contributed by atoms with van der Waals surface area (Å²) >= 11 is 0. The third-order valence-electron chi connectivity index (χ3n) is 3.24. The minimum absolute atomic E-state index is 0.164. The van der Waals surface area contributed by atoms with Crippen molar-refractivity contribution in [3.8, 4) is 0 Å². The van der Waals surface area contributed by atoms with Gasteiger partial charge >= 0.3 is 0 Å². The molecule has 0 heterocycles. The molecule has 4 heteroatoms. The van der Waals surface area contributed by atoms with Gasteiger partial charge in [-0.2, -0.15) is 0 Å². The highest BCUT2D eigenvalue weighted by molar-refractivity contribution is 7.91. The van der Waals surface area contributed by atoms with Gasteiger partial charge in [0, 0.05) is 0 Å². The highest BCUT2D eigenvalue weighted by Crippen LogP contribution is 2.27. The quantitative estimate of drug-likeness (QED) is 0.739. The highest BCUT2D eigenvalue weighted by atomic mass is 32.2. The Balaban J connectivity index is 2.21. The van der Waals surface area contributed by atoms with E-state index in [1.54, 1.807) is 0 Å². The summed E-state index contributed by atoms with van der Waals surface area (Å²) in [5.41, 5.74) is -0.249. The van der Waals surface area contributed by atoms with Crippen molar-refractivity contribution in [1.82, 2.24) is 0 Å². The average molecular weight is 262 g/mol. The van der Waals surface area contributed by atoms with E-state index in [2.05, 4.69) is 0 Å². The summed E-state index contributed by atoms with van der Waals surface area (Å²) in [6.45, 7) is 6.14. The zero-order valence-corrected chi connectivity index (χ0v) is 12.2. The normalized spacial score (nSPS) is 18.8. The van der Waals surface area contributed by atoms with Gasteiger partial charge in [0.05, 0.1) is 23.7 Å². The van der Waals surface area contributed by atoms with Crippen LogP contribution in [0.3, 0.4) is 0 Å². The van der Waals surface area contributed by atoms with Crippen molar-refractivity contribution in [1.29, 1.82) is 0 Å². The van der Waals surface area contributed by atoms with Gasteiger partial charge in [-0.05, 0) is 33.1 Å². The number of sulfone groups is 1. The van der Waals surface area contributed by atoms with E-state index in [0.717, 1.165) is 6.42 Å². The Bertz CT molecular complexity index is 308. The molecule has 0 N–H and O–H groups in total. The fourth-order valence-corrected chi connectivity index (χ4v) is 3.46. The molecule has 102 valence electrons. The molecule has 0 unspecified atom stereocenters. The van der Waals surface area contributed by atoms with Crippen LogP contribution in [-0.2, 0) is 14.6 Å². The van der Waals surface area contributed by atoms with Gasteiger partial charge in [-0.15, -0.1) is 0 Å². The summed E-state index contributed by atoms with van der Waals surface area (Å²) in [5, 5.41) is 0. The minimum atomic E-state index is -2.92. The monoisotopic (exact) mass is 262 g/mol. The third-order valence-corrected chi connectivity index (χ3v) is 4.89. The molecule has 1 saturated carbocycles. The highest BCUT2D eigenvalue weighted by Gasteiger charge is 2.19. The van der Waals surface area contributed by atoms with Crippen LogP contribution in [0.1, 0.15) is 52.9 Å². The lowest BCUT2D eigenvalue weighted by molar-refractivity contribution is 0.00644. The first-order valence-corrected chi connectivity index (χ1v) is 8.45. The number of hydrogen-bond acceptors (Lipinski definition) is 3. The lowest BCUT2D eigenvalue weighted by Gasteiger charge is -2.19. The van der Waals surface area contributed by atoms with Crippen molar-refractivity contribution in [2.75, 3.05) is 18.1 Å². The van der Waals surface area contributed by atoms with Gasteiger partial charge in [0.2, 0.25) is 0 Å². The van der Waals surface area contributed by atoms with Crippen LogP contribution in [0.5, 0.6) is 0 Å². The first-order chi connectivity index (χ1) is 7.79. The minimum Gasteiger partial charge on any atom is -0.375 e. The van der Waals surface area contributed by atoms with Gasteiger partial charge in [0.1, 0.15) is 0 Å². The molecule has 0 saturated heterocycles. The topological polar surface area (TPSA) is 43.4 Å². The molecule has 17 heavy (non-hydrogen) atoms. The van der Waals surface area contributed by atoms with E-state index in [1.165, 1.54) is 25.7 Å². The molecule has 0 aromatic rings. The molecule has 0 aromatic heterocycles. The van der Waals surface area contributed by atoms with Crippen molar-refractivity contribution >= 4 is 9.84 Å². The van der Waals surface area contributed by atoms with E-state index >= 15 is 0 Å². The predicted molar refractivity (Wildman–Crippen MR) is 70.9 cm³/mol. The van der Waals surface area contributed by atoms with Crippen LogP contribution in [0.2, 0.25) is 0 Å². The zero-order chi connectivity index (χ0) is 12.9. The summed E-state index contributed by atoms with van der Waals surface area (Å²) in [4.78, 5) is 0. The Kier molecular flexibility index (Phi) is 5.45. The van der Waals surface area contributed by atoms with E-state index in [4.69, 9.17) is 4.74 Å². The Hall–Kier alpha value is -0.0900. The molecule has 0 bridgehead atoms. The zero-order valence-electron chi connectivity index (χ0n) is 11.4. The van der Waals surface area contributed by atoms with Crippen molar-refractivity contribution in [3.63, 3.8) is 0 Å². The maximum absolute atomic E-state index is 11.8. The standard InChI is InChI=1S/C13H26O3S/c1-13(2,3)16-9-11-17(14,15)10-8-12-6-4-5-7-12/h12H,4-11H2,1-3H3. The second-order valence-electron chi connectivity index (χ2n) is 6.05. The smallest absolute Gasteiger partial charge is 0.152 e. The maximum atomic E-state index is 11.8. The molecule has 1 aliphatic carbocycles. The molecule has 0 radical (unpaired) electrons. The molecular formula is C13H26O3S. The van der Waals surface area contributed by atoms with E-state index in [9.17, 15) is 8.42 Å². The SMILES string of the molecule is CC(C)(C)OCCS(=O)(=O)CCC1CCCC1. The Morgan fingerprint density at radius 1 is 1.12 bits per heavy atom. The number of rotatable bonds is 6. The van der Waals surface area contributed by atoms with Crippen LogP contribution in [-0.4, -0.2) is 32.1 Å². The van der Waals surface area contributed by atoms with Crippen LogP contribution < -0.4 is 0 Å². The second kappa shape index (κ2) is 6.19. The predicted octanol–water partition coefficient (Wildman–Crippen LogP) is 2.80. The lowest BCUT2D eigenvalue weighted by Crippen LogP contribution is -2.25. The summed E-state index contributed by atoms with van der Waals surface area (Å²) in [7, 11) is -2.92. The second-order valence-corrected chi connectivity index (χ2v) is 8.36. The van der Waals surface area contributed by atoms with Crippen LogP contribution in [0.4, 0.5) is 0 Å². The Labute approximate surface area is 106 Å². The van der Waals surface area contributed by atoms with Crippen molar-refractivity contribution in [2.45, 2.75) is 58.5 Å². The molecule has 3 nitrogen and oxygen atoms in total. The molecule has 1 fully saturated rings. The van der Waals surface area contributed by atoms with E-state index in [-0.39, 0.29) is 11.4 Å². The van der Waals surface area contributed by atoms with Gasteiger partial charge < -0.3 is 4.74 Å². The van der Waals surface area contributed by atoms with Crippen molar-refractivity contribution in [3.05, 3.63) is 0 Å². The summed E-state index contributed by atoms with van der Waals surface area (Å²) in [6.07, 6.45) is 5.83. The molecule has 0 amide bonds. The van der Waals surface area contributed by atoms with Crippen LogP contribution in [0.25, 0.3) is 0 Å². The largest absolute Gasteiger partial charge is 0.375 e. The molecule has 0 spiro atoms. The number of ether oxygens (including phenoxy) is 1. The van der Waals surface area contributed by atoms with Gasteiger partial charge in [0.25, 0.3) is 0 Å². The van der Waals surface area contributed by atoms with Crippen LogP contribution >= 0.6 is 0 Å². The van der Waals surface area contributed by atoms with Crippen LogP contribution in [0.15, 0.2) is 0 Å². The summed E-state index contributed by atoms with van der Waals surface area (Å²) < 4.78 is 29.0. The molecule has 0 aromatic carbocycles. The van der Waals surface area contributed by atoms with Gasteiger partial charge in [-0.3, -0.25) is 0 Å². The summed E-state index contributed by atoms with van der Waals surface area (Å²) in [6, 6.07) is 0. The first-order valence-electron chi connectivity index (χ1n) is 6.63. The Morgan fingerprint density at radius 3 is 2.24 bits per heavy atom. The van der Waals surface area contributed by atoms with Gasteiger partial charge in [-0.1, -0.05) is 25.7 Å². The maximum Gasteiger partial charge on any atom is 0.152 e. The van der Waals surface area contributed by atoms with Crippen molar-refractivity contribution in [2.24, 2.45) is 5.92 Å². The molecule has 1 aliphatic rings. The average Bonchev–Trinajstić information content (AvgIpc) is 2.64. The van der Waals surface area contributed by atoms with Gasteiger partial charge in [0.15, 0.2) is 9.84 Å². The molecule has 0 atom stereocenters. The first kappa shape index (κ1) is 15.0.